The van der Waals surface area contributed by atoms with Gasteiger partial charge in [0.25, 0.3) is 11.8 Å². The Morgan fingerprint density at radius 2 is 1.95 bits per heavy atom. The molecule has 38 heavy (non-hydrogen) atoms. The molecule has 4 rings (SSSR count). The largest absolute Gasteiger partial charge is 0.482 e. The molecule has 2 aliphatic heterocycles. The number of ether oxygens (including phenoxy) is 2. The first-order valence-electron chi connectivity index (χ1n) is 13.7. The molecule has 2 saturated heterocycles. The van der Waals surface area contributed by atoms with Crippen LogP contribution >= 0.6 is 24.0 Å². The van der Waals surface area contributed by atoms with Crippen LogP contribution in [0.1, 0.15) is 62.9 Å². The summed E-state index contributed by atoms with van der Waals surface area (Å²) in [7, 11) is 1.69. The minimum atomic E-state index is -0.0595. The Morgan fingerprint density at radius 1 is 1.18 bits per heavy atom. The number of aromatic nitrogens is 1. The van der Waals surface area contributed by atoms with Gasteiger partial charge in [-0.2, -0.15) is 0 Å². The van der Waals surface area contributed by atoms with E-state index in [9.17, 15) is 9.59 Å². The second-order valence-corrected chi connectivity index (χ2v) is 10.7. The summed E-state index contributed by atoms with van der Waals surface area (Å²) in [5, 5.41) is 4.65. The number of carbonyl (C=O) groups is 2. The Morgan fingerprint density at radius 3 is 2.61 bits per heavy atom. The van der Waals surface area contributed by atoms with Crippen molar-refractivity contribution < 1.29 is 19.1 Å². The van der Waals surface area contributed by atoms with Gasteiger partial charge in [0.2, 0.25) is 0 Å². The third-order valence-corrected chi connectivity index (χ3v) is 7.81. The summed E-state index contributed by atoms with van der Waals surface area (Å²) in [6, 6.07) is 5.81. The van der Waals surface area contributed by atoms with E-state index in [1.807, 2.05) is 32.6 Å². The van der Waals surface area contributed by atoms with Gasteiger partial charge >= 0.3 is 0 Å². The highest BCUT2D eigenvalue weighted by atomic mass is 35.5. The highest BCUT2D eigenvalue weighted by Gasteiger charge is 2.33. The zero-order chi connectivity index (χ0) is 26.4. The Balaban J connectivity index is 0.00000400. The number of aryl methyl sites for hydroxylation is 1. The van der Waals surface area contributed by atoms with Crippen LogP contribution < -0.4 is 10.1 Å². The number of carbonyl (C=O) groups excluding carboxylic acids is 2. The van der Waals surface area contributed by atoms with E-state index < -0.39 is 0 Å². The van der Waals surface area contributed by atoms with Crippen molar-refractivity contribution in [3.8, 4) is 5.75 Å². The van der Waals surface area contributed by atoms with E-state index in [1.165, 1.54) is 0 Å². The predicted octanol–water partition coefficient (Wildman–Crippen LogP) is 4.75. The van der Waals surface area contributed by atoms with Crippen LogP contribution in [0.3, 0.4) is 0 Å². The zero-order valence-electron chi connectivity index (χ0n) is 22.8. The van der Waals surface area contributed by atoms with Crippen molar-refractivity contribution in [2.75, 3.05) is 46.5 Å². The maximum Gasteiger partial charge on any atom is 0.272 e. The Labute approximate surface area is 237 Å². The fourth-order valence-corrected chi connectivity index (χ4v) is 5.95. The molecule has 10 heteroatoms. The molecule has 8 nitrogen and oxygen atoms in total. The smallest absolute Gasteiger partial charge is 0.272 e. The quantitative estimate of drug-likeness (QED) is 0.396. The summed E-state index contributed by atoms with van der Waals surface area (Å²) in [6.45, 7) is 8.67. The first-order chi connectivity index (χ1) is 17.9. The second-order valence-electron chi connectivity index (χ2n) is 10.3. The Kier molecular flexibility index (Phi) is 11.6. The number of rotatable bonds is 11. The van der Waals surface area contributed by atoms with Crippen LogP contribution in [0.4, 0.5) is 0 Å². The number of fused-ring (bicyclic) bond motifs is 1. The summed E-state index contributed by atoms with van der Waals surface area (Å²) in [5.74, 6) is 0.509. The molecule has 0 radical (unpaired) electrons. The third-order valence-electron chi connectivity index (χ3n) is 7.43. The number of para-hydroxylation sites is 1. The number of benzene rings is 1. The first-order valence-corrected chi connectivity index (χ1v) is 14.1. The molecule has 0 spiro atoms. The van der Waals surface area contributed by atoms with Gasteiger partial charge in [-0.15, -0.1) is 12.4 Å². The molecule has 1 aromatic carbocycles. The van der Waals surface area contributed by atoms with Gasteiger partial charge in [-0.3, -0.25) is 9.59 Å². The molecule has 1 aromatic heterocycles. The molecule has 0 aliphatic carbocycles. The number of nitrogens with one attached hydrogen (secondary N) is 1. The number of piperidine rings is 1. The van der Waals surface area contributed by atoms with E-state index in [2.05, 4.69) is 19.2 Å². The van der Waals surface area contributed by atoms with Crippen molar-refractivity contribution in [2.24, 2.45) is 0 Å². The normalized spacial score (nSPS) is 17.6. The number of hydrogen-bond donors (Lipinski definition) is 1. The lowest BCUT2D eigenvalue weighted by Crippen LogP contribution is -2.52. The number of halogens is 2. The number of likely N-dealkylation sites (tertiary alicyclic amines) is 1. The molecule has 0 bridgehead atoms. The third kappa shape index (κ3) is 6.76. The van der Waals surface area contributed by atoms with Crippen LogP contribution in [-0.4, -0.2) is 84.8 Å². The van der Waals surface area contributed by atoms with Gasteiger partial charge in [-0.05, 0) is 65.0 Å². The van der Waals surface area contributed by atoms with E-state index in [4.69, 9.17) is 21.1 Å². The molecule has 0 saturated carbocycles. The number of unbranched alkanes of at least 4 members (excludes halogenated alkanes) is 1. The van der Waals surface area contributed by atoms with Gasteiger partial charge in [-0.25, -0.2) is 0 Å². The van der Waals surface area contributed by atoms with Gasteiger partial charge in [0.05, 0.1) is 10.5 Å². The van der Waals surface area contributed by atoms with Crippen molar-refractivity contribution in [3.05, 3.63) is 28.9 Å². The maximum absolute atomic E-state index is 14.2. The first kappa shape index (κ1) is 30.5. The predicted molar refractivity (Wildman–Crippen MR) is 154 cm³/mol. The molecular weight excluding hydrogens is 527 g/mol. The zero-order valence-corrected chi connectivity index (χ0v) is 24.4. The van der Waals surface area contributed by atoms with Crippen molar-refractivity contribution in [1.29, 1.82) is 0 Å². The fourth-order valence-electron chi connectivity index (χ4n) is 5.61. The highest BCUT2D eigenvalue weighted by molar-refractivity contribution is 6.39. The molecule has 2 aliphatic rings. The van der Waals surface area contributed by atoms with Gasteiger partial charge in [0.1, 0.15) is 11.4 Å². The van der Waals surface area contributed by atoms with Gasteiger partial charge in [0.15, 0.2) is 6.61 Å². The minimum Gasteiger partial charge on any atom is -0.482 e. The Hall–Kier alpha value is -2.00. The average Bonchev–Trinajstić information content (AvgIpc) is 3.53. The minimum absolute atomic E-state index is 0. The van der Waals surface area contributed by atoms with Crippen molar-refractivity contribution in [2.45, 2.75) is 71.0 Å². The summed E-state index contributed by atoms with van der Waals surface area (Å²) in [4.78, 5) is 30.7. The monoisotopic (exact) mass is 568 g/mol. The van der Waals surface area contributed by atoms with Crippen LogP contribution in [-0.2, 0) is 16.1 Å². The molecule has 1 atom stereocenters. The molecular formula is C28H42Cl2N4O4. The van der Waals surface area contributed by atoms with Crippen molar-refractivity contribution in [3.63, 3.8) is 0 Å². The summed E-state index contributed by atoms with van der Waals surface area (Å²) in [6.07, 6.45) is 5.76. The van der Waals surface area contributed by atoms with Crippen LogP contribution in [0, 0.1) is 0 Å². The lowest BCUT2D eigenvalue weighted by Gasteiger charge is -2.38. The van der Waals surface area contributed by atoms with E-state index in [0.29, 0.717) is 29.6 Å². The van der Waals surface area contributed by atoms with Crippen LogP contribution in [0.25, 0.3) is 10.9 Å². The van der Waals surface area contributed by atoms with Crippen molar-refractivity contribution in [1.82, 2.24) is 19.7 Å². The van der Waals surface area contributed by atoms with Crippen LogP contribution in [0.5, 0.6) is 5.75 Å². The van der Waals surface area contributed by atoms with Gasteiger partial charge < -0.3 is 29.2 Å². The topological polar surface area (TPSA) is 76.0 Å². The molecule has 212 valence electrons. The highest BCUT2D eigenvalue weighted by Crippen LogP contribution is 2.38. The van der Waals surface area contributed by atoms with Gasteiger partial charge in [-0.1, -0.05) is 23.7 Å². The number of hydrogen-bond acceptors (Lipinski definition) is 5. The number of nitrogens with zero attached hydrogens (tertiary/aromatic N) is 3. The molecule has 2 aromatic rings. The summed E-state index contributed by atoms with van der Waals surface area (Å²) in [5.41, 5.74) is 1.27. The summed E-state index contributed by atoms with van der Waals surface area (Å²) >= 11 is 6.98. The fraction of sp³-hybridized carbons (Fsp3) is 0.643. The molecule has 0 unspecified atom stereocenters. The molecule has 1 N–H and O–H groups in total. The van der Waals surface area contributed by atoms with E-state index >= 15 is 0 Å². The maximum atomic E-state index is 14.2. The summed E-state index contributed by atoms with van der Waals surface area (Å²) < 4.78 is 13.4. The van der Waals surface area contributed by atoms with E-state index in [0.717, 1.165) is 75.6 Å². The number of methoxy groups -OCH3 is 1. The Bertz CT molecular complexity index is 1080. The lowest BCUT2D eigenvalue weighted by molar-refractivity contribution is -0.132. The lowest BCUT2D eigenvalue weighted by atomic mass is 10.0. The molecule has 2 fully saturated rings. The molecule has 2 amide bonds. The van der Waals surface area contributed by atoms with E-state index in [1.54, 1.807) is 7.11 Å². The van der Waals surface area contributed by atoms with Gasteiger partial charge in [0, 0.05) is 57.4 Å². The van der Waals surface area contributed by atoms with Crippen LogP contribution in [0.15, 0.2) is 18.2 Å². The SMILES string of the molecule is COCCCCn1c(C(=O)N(C(C)C)[C@@H]2CCCNC2)c(Cl)c2cccc(OCC(=O)N3CCCC3)c21.Cl. The standard InChI is InChI=1S/C28H41ClN4O4.ClH/c1-20(2)33(21-10-9-13-30-18-21)28(35)27-25(29)22-11-8-12-23(26(22)32(27)16-6-7-17-36-3)37-19-24(34)31-14-4-5-15-31;/h8,11-12,20-21,30H,4-7,9-10,13-19H2,1-3H3;1H/t21-;/m1./s1. The average molecular weight is 570 g/mol. The van der Waals surface area contributed by atoms with Crippen LogP contribution in [0.2, 0.25) is 5.02 Å². The number of amides is 2. The van der Waals surface area contributed by atoms with E-state index in [-0.39, 0.29) is 42.9 Å². The van der Waals surface area contributed by atoms with Crippen molar-refractivity contribution >= 4 is 46.7 Å². The molecule has 3 heterocycles. The second kappa shape index (κ2) is 14.4.